The minimum absolute atomic E-state index is 0.00200. The molecule has 2 aliphatic rings. The number of alkyl halides is 6. The highest BCUT2D eigenvalue weighted by Gasteiger charge is 2.45. The Balaban J connectivity index is 0.000000587. The third-order valence-corrected chi connectivity index (χ3v) is 9.02. The molecule has 2 saturated heterocycles. The summed E-state index contributed by atoms with van der Waals surface area (Å²) in [6.45, 7) is 1.82. The number of piperazine rings is 1. The van der Waals surface area contributed by atoms with E-state index in [1.807, 2.05) is 4.90 Å². The van der Waals surface area contributed by atoms with Crippen LogP contribution in [-0.2, 0) is 52.5 Å². The van der Waals surface area contributed by atoms with Gasteiger partial charge in [0.15, 0.2) is 0 Å². The number of nitro benzene ring substituents is 2. The van der Waals surface area contributed by atoms with Crippen LogP contribution in [0.4, 0.5) is 42.5 Å². The van der Waals surface area contributed by atoms with Gasteiger partial charge in [-0.2, -0.15) is 55.8 Å². The van der Waals surface area contributed by atoms with Crippen molar-refractivity contribution in [3.8, 4) is 0 Å². The number of halogens is 6. The number of amides is 2. The van der Waals surface area contributed by atoms with Crippen LogP contribution in [-0.4, -0.2) is 130 Å². The standard InChI is InChI=1S/C26H29N5O9S.2CHF3O3S/c32-24(39-16-18-1-5-20(6-2-18)30(35)36)15-27-9-11-28(12-10-27)25(33)23-13-22(41)14-29(23)26(34)40-17-19-3-7-21(8-4-19)31(37)38;2*2-1(3,4)8(5,6)7/h1-8,22-23,41H,9-17H2;2*(H,5,6,7)/t22-,23-;;/m0../s1. The van der Waals surface area contributed by atoms with Crippen LogP contribution in [0.5, 0.6) is 0 Å². The number of benzene rings is 2. The highest BCUT2D eigenvalue weighted by atomic mass is 32.2. The van der Waals surface area contributed by atoms with E-state index in [0.29, 0.717) is 43.7 Å². The van der Waals surface area contributed by atoms with E-state index in [9.17, 15) is 61.0 Å². The summed E-state index contributed by atoms with van der Waals surface area (Å²) < 4.78 is 126. The predicted octanol–water partition coefficient (Wildman–Crippen LogP) is 3.19. The fourth-order valence-electron chi connectivity index (χ4n) is 4.63. The highest BCUT2D eigenvalue weighted by molar-refractivity contribution is 7.86. The summed E-state index contributed by atoms with van der Waals surface area (Å²) >= 11 is 4.47. The van der Waals surface area contributed by atoms with Crippen LogP contribution in [0.2, 0.25) is 0 Å². The first-order valence-corrected chi connectivity index (χ1v) is 18.8. The maximum atomic E-state index is 13.3. The predicted molar refractivity (Wildman–Crippen MR) is 182 cm³/mol. The monoisotopic (exact) mass is 887 g/mol. The molecule has 0 bridgehead atoms. The van der Waals surface area contributed by atoms with Crippen molar-refractivity contribution < 1.29 is 86.0 Å². The van der Waals surface area contributed by atoms with Crippen molar-refractivity contribution in [1.82, 2.24) is 14.7 Å². The van der Waals surface area contributed by atoms with Crippen LogP contribution >= 0.6 is 12.6 Å². The molecule has 57 heavy (non-hydrogen) atoms. The number of ether oxygens (including phenoxy) is 2. The molecule has 2 N–H and O–H groups in total. The Morgan fingerprint density at radius 1 is 0.754 bits per heavy atom. The minimum atomic E-state index is -5.84. The van der Waals surface area contributed by atoms with E-state index >= 15 is 0 Å². The maximum absolute atomic E-state index is 13.3. The van der Waals surface area contributed by atoms with Gasteiger partial charge < -0.3 is 14.4 Å². The first kappa shape index (κ1) is 48.3. The van der Waals surface area contributed by atoms with Crippen LogP contribution < -0.4 is 0 Å². The molecule has 2 atom stereocenters. The van der Waals surface area contributed by atoms with Gasteiger partial charge in [-0.3, -0.25) is 48.7 Å². The van der Waals surface area contributed by atoms with E-state index in [2.05, 4.69) is 12.6 Å². The lowest BCUT2D eigenvalue weighted by atomic mass is 10.1. The van der Waals surface area contributed by atoms with Crippen LogP contribution in [0.15, 0.2) is 48.5 Å². The Labute approximate surface area is 323 Å². The van der Waals surface area contributed by atoms with E-state index < -0.39 is 59.2 Å². The van der Waals surface area contributed by atoms with Crippen molar-refractivity contribution in [1.29, 1.82) is 0 Å². The lowest BCUT2D eigenvalue weighted by Crippen LogP contribution is -2.55. The molecular weight excluding hydrogens is 857 g/mol. The molecule has 20 nitrogen and oxygen atoms in total. The number of esters is 1. The molecule has 318 valence electrons. The Bertz CT molecular complexity index is 1920. The number of non-ortho nitro benzene ring substituents is 2. The first-order chi connectivity index (χ1) is 26.1. The molecule has 0 aromatic heterocycles. The number of hydrogen-bond donors (Lipinski definition) is 3. The molecule has 2 aliphatic heterocycles. The molecule has 2 amide bonds. The molecular formula is C28H31F6N5O15S3. The molecule has 2 heterocycles. The quantitative estimate of drug-likeness (QED) is 0.0620. The van der Waals surface area contributed by atoms with Gasteiger partial charge >= 0.3 is 43.3 Å². The largest absolute Gasteiger partial charge is 0.522 e. The molecule has 29 heteroatoms. The zero-order valence-electron chi connectivity index (χ0n) is 28.6. The van der Waals surface area contributed by atoms with E-state index in [0.717, 1.165) is 0 Å². The number of carbonyl (C=O) groups is 3. The van der Waals surface area contributed by atoms with Crippen molar-refractivity contribution in [2.75, 3.05) is 39.3 Å². The van der Waals surface area contributed by atoms with Gasteiger partial charge in [0.05, 0.1) is 16.4 Å². The second-order valence-corrected chi connectivity index (χ2v) is 15.1. The third-order valence-electron chi connectivity index (χ3n) is 7.48. The third kappa shape index (κ3) is 15.6. The lowest BCUT2D eigenvalue weighted by Gasteiger charge is -2.36. The number of likely N-dealkylation sites (tertiary alicyclic amines) is 1. The summed E-state index contributed by atoms with van der Waals surface area (Å²) in [5.74, 6) is -0.659. The zero-order valence-corrected chi connectivity index (χ0v) is 31.1. The topological polar surface area (TPSA) is 274 Å². The van der Waals surface area contributed by atoms with Crippen molar-refractivity contribution in [3.63, 3.8) is 0 Å². The Morgan fingerprint density at radius 3 is 1.51 bits per heavy atom. The normalized spacial score (nSPS) is 17.6. The number of rotatable bonds is 9. The van der Waals surface area contributed by atoms with Crippen molar-refractivity contribution in [2.24, 2.45) is 0 Å². The van der Waals surface area contributed by atoms with Crippen molar-refractivity contribution in [2.45, 2.75) is 41.9 Å². The molecule has 4 rings (SSSR count). The van der Waals surface area contributed by atoms with Crippen molar-refractivity contribution in [3.05, 3.63) is 79.9 Å². The number of nitrogens with zero attached hydrogens (tertiary/aromatic N) is 5. The summed E-state index contributed by atoms with van der Waals surface area (Å²) in [6.07, 6.45) is -0.281. The highest BCUT2D eigenvalue weighted by Crippen LogP contribution is 2.26. The van der Waals surface area contributed by atoms with Gasteiger partial charge in [-0.1, -0.05) is 0 Å². The van der Waals surface area contributed by atoms with Gasteiger partial charge in [0.2, 0.25) is 5.91 Å². The molecule has 0 aliphatic carbocycles. The smallest absolute Gasteiger partial charge is 0.460 e. The van der Waals surface area contributed by atoms with Gasteiger partial charge in [-0.05, 0) is 41.8 Å². The minimum Gasteiger partial charge on any atom is -0.460 e. The molecule has 0 spiro atoms. The number of hydrogen-bond acceptors (Lipinski definition) is 15. The lowest BCUT2D eigenvalue weighted by molar-refractivity contribution is -0.385. The van der Waals surface area contributed by atoms with Crippen molar-refractivity contribution >= 4 is 62.2 Å². The summed E-state index contributed by atoms with van der Waals surface area (Å²) in [6, 6.07) is 10.7. The van der Waals surface area contributed by atoms with Gasteiger partial charge in [0, 0.05) is 62.2 Å². The van der Waals surface area contributed by atoms with E-state index in [1.54, 1.807) is 4.90 Å². The Kier molecular flexibility index (Phi) is 17.0. The second kappa shape index (κ2) is 20.0. The van der Waals surface area contributed by atoms with Gasteiger partial charge in [0.1, 0.15) is 19.3 Å². The van der Waals surface area contributed by atoms with E-state index in [4.69, 9.17) is 35.4 Å². The molecule has 2 aromatic carbocycles. The molecule has 0 radical (unpaired) electrons. The average Bonchev–Trinajstić information content (AvgIpc) is 3.50. The number of thiol groups is 1. The molecule has 0 saturated carbocycles. The summed E-state index contributed by atoms with van der Waals surface area (Å²) in [5.41, 5.74) is -9.97. The van der Waals surface area contributed by atoms with Gasteiger partial charge in [-0.15, -0.1) is 0 Å². The van der Waals surface area contributed by atoms with Crippen LogP contribution in [0.1, 0.15) is 17.5 Å². The summed E-state index contributed by atoms with van der Waals surface area (Å²) in [5, 5.41) is 21.4. The Hall–Kier alpha value is -4.84. The van der Waals surface area contributed by atoms with Crippen LogP contribution in [0, 0.1) is 20.2 Å². The Morgan fingerprint density at radius 2 is 1.14 bits per heavy atom. The SMILES string of the molecule is O=C(CN1CCN(C(=O)[C@@H]2C[C@H](S)CN2C(=O)OCc2ccc([N+](=O)[O-])cc2)CC1)OCc1ccc([N+](=O)[O-])cc1.O=S(=O)(O)C(F)(F)F.O=S(=O)(O)C(F)(F)F. The van der Waals surface area contributed by atoms with E-state index in [-0.39, 0.29) is 48.8 Å². The van der Waals surface area contributed by atoms with Gasteiger partial charge in [-0.25, -0.2) is 4.79 Å². The maximum Gasteiger partial charge on any atom is 0.522 e. The number of carbonyl (C=O) groups excluding carboxylic acids is 3. The average molecular weight is 888 g/mol. The molecule has 0 unspecified atom stereocenters. The number of nitro groups is 2. The molecule has 2 aromatic rings. The second-order valence-electron chi connectivity index (χ2n) is 11.6. The first-order valence-electron chi connectivity index (χ1n) is 15.4. The summed E-state index contributed by atoms with van der Waals surface area (Å²) in [7, 11) is -11.7. The summed E-state index contributed by atoms with van der Waals surface area (Å²) in [4.78, 5) is 63.9. The van der Waals surface area contributed by atoms with Gasteiger partial charge in [0.25, 0.3) is 11.4 Å². The zero-order chi connectivity index (χ0) is 43.5. The molecule has 2 fully saturated rings. The van der Waals surface area contributed by atoms with Crippen LogP contribution in [0.3, 0.4) is 0 Å². The fraction of sp³-hybridized carbons (Fsp3) is 0.464. The van der Waals surface area contributed by atoms with Crippen LogP contribution in [0.25, 0.3) is 0 Å². The van der Waals surface area contributed by atoms with E-state index in [1.165, 1.54) is 53.4 Å². The fourth-order valence-corrected chi connectivity index (χ4v) is 5.01.